The van der Waals surface area contributed by atoms with Crippen molar-refractivity contribution >= 4 is 34.5 Å². The van der Waals surface area contributed by atoms with Crippen molar-refractivity contribution in [2.75, 3.05) is 17.2 Å². The van der Waals surface area contributed by atoms with E-state index in [0.717, 1.165) is 5.76 Å². The Balaban J connectivity index is 1.38. The molecule has 0 saturated heterocycles. The second-order valence-corrected chi connectivity index (χ2v) is 8.03. The number of rotatable bonds is 7. The van der Waals surface area contributed by atoms with Gasteiger partial charge in [-0.15, -0.1) is 11.3 Å². The highest BCUT2D eigenvalue weighted by Crippen LogP contribution is 2.30. The third kappa shape index (κ3) is 5.22. The van der Waals surface area contributed by atoms with E-state index in [2.05, 4.69) is 15.6 Å². The van der Waals surface area contributed by atoms with Gasteiger partial charge in [-0.2, -0.15) is 0 Å². The third-order valence-corrected chi connectivity index (χ3v) is 5.64. The fraction of sp³-hybridized carbons (Fsp3) is 0.125. The van der Waals surface area contributed by atoms with Crippen LogP contribution in [0.4, 0.5) is 11.4 Å². The van der Waals surface area contributed by atoms with E-state index in [0.29, 0.717) is 38.5 Å². The number of carbonyl (C=O) groups is 2. The lowest BCUT2D eigenvalue weighted by Gasteiger charge is -2.09. The minimum atomic E-state index is -0.272. The number of carbonyl (C=O) groups excluding carboxylic acids is 2. The second-order valence-electron chi connectivity index (χ2n) is 7.03. The van der Waals surface area contributed by atoms with Crippen LogP contribution in [-0.4, -0.2) is 23.4 Å². The lowest BCUT2D eigenvalue weighted by atomic mass is 10.3. The molecular formula is C24H21N3O4S. The Bertz CT molecular complexity index is 1250. The van der Waals surface area contributed by atoms with Crippen LogP contribution in [0.2, 0.25) is 0 Å². The van der Waals surface area contributed by atoms with Gasteiger partial charge in [0.2, 0.25) is 0 Å². The molecule has 0 atom stereocenters. The second kappa shape index (κ2) is 9.49. The van der Waals surface area contributed by atoms with Crippen LogP contribution in [0, 0.1) is 13.8 Å². The lowest BCUT2D eigenvalue weighted by molar-refractivity contribution is -0.118. The summed E-state index contributed by atoms with van der Waals surface area (Å²) in [5.74, 6) is 1.35. The number of ether oxygens (including phenoxy) is 1. The molecule has 162 valence electrons. The average molecular weight is 448 g/mol. The number of amides is 2. The topological polar surface area (TPSA) is 93.5 Å². The number of nitrogens with one attached hydrogen (secondary N) is 2. The van der Waals surface area contributed by atoms with Crippen molar-refractivity contribution in [1.29, 1.82) is 0 Å². The maximum atomic E-state index is 12.8. The third-order valence-electron chi connectivity index (χ3n) is 4.47. The molecule has 0 aliphatic rings. The summed E-state index contributed by atoms with van der Waals surface area (Å²) < 4.78 is 11.2. The molecule has 0 bridgehead atoms. The molecule has 0 aliphatic heterocycles. The van der Waals surface area contributed by atoms with Gasteiger partial charge >= 0.3 is 0 Å². The Labute approximate surface area is 189 Å². The quantitative estimate of drug-likeness (QED) is 0.402. The first-order chi connectivity index (χ1) is 15.5. The number of hydrogen-bond acceptors (Lipinski definition) is 6. The standard InChI is InChI=1S/C24H21N3O4S/c1-15-11-12-20(31-15)24-25-16(2)22(32-24)23(29)27-18-9-6-10-19(13-18)30-14-21(28)26-17-7-4-3-5-8-17/h3-13H,14H2,1-2H3,(H,26,28)(H,27,29). The number of para-hydroxylation sites is 1. The Morgan fingerprint density at radius 1 is 0.969 bits per heavy atom. The van der Waals surface area contributed by atoms with Crippen molar-refractivity contribution in [3.63, 3.8) is 0 Å². The molecular weight excluding hydrogens is 426 g/mol. The Morgan fingerprint density at radius 2 is 1.75 bits per heavy atom. The van der Waals surface area contributed by atoms with Crippen molar-refractivity contribution < 1.29 is 18.7 Å². The molecule has 0 spiro atoms. The van der Waals surface area contributed by atoms with E-state index in [9.17, 15) is 9.59 Å². The molecule has 0 radical (unpaired) electrons. The van der Waals surface area contributed by atoms with Gasteiger partial charge in [0, 0.05) is 17.4 Å². The molecule has 0 unspecified atom stereocenters. The van der Waals surface area contributed by atoms with Crippen molar-refractivity contribution in [3.05, 3.63) is 83.1 Å². The van der Waals surface area contributed by atoms with Gasteiger partial charge in [0.05, 0.1) is 5.69 Å². The highest BCUT2D eigenvalue weighted by molar-refractivity contribution is 7.17. The summed E-state index contributed by atoms with van der Waals surface area (Å²) in [7, 11) is 0. The Hall–Kier alpha value is -3.91. The number of aryl methyl sites for hydroxylation is 2. The zero-order chi connectivity index (χ0) is 22.5. The number of aromatic nitrogens is 1. The summed E-state index contributed by atoms with van der Waals surface area (Å²) >= 11 is 1.27. The summed E-state index contributed by atoms with van der Waals surface area (Å²) in [6.45, 7) is 3.50. The van der Waals surface area contributed by atoms with Crippen molar-refractivity contribution in [1.82, 2.24) is 4.98 Å². The number of thiazole rings is 1. The molecule has 2 aromatic carbocycles. The summed E-state index contributed by atoms with van der Waals surface area (Å²) in [6, 6.07) is 19.7. The van der Waals surface area contributed by atoms with Crippen LogP contribution < -0.4 is 15.4 Å². The van der Waals surface area contributed by atoms with Crippen LogP contribution in [0.5, 0.6) is 5.75 Å². The number of furan rings is 1. The SMILES string of the molecule is Cc1ccc(-c2nc(C)c(C(=O)Nc3cccc(OCC(=O)Nc4ccccc4)c3)s2)o1. The fourth-order valence-corrected chi connectivity index (χ4v) is 3.90. The molecule has 32 heavy (non-hydrogen) atoms. The molecule has 8 heteroatoms. The number of benzene rings is 2. The summed E-state index contributed by atoms with van der Waals surface area (Å²) in [5, 5.41) is 6.27. The van der Waals surface area contributed by atoms with E-state index in [1.807, 2.05) is 37.3 Å². The van der Waals surface area contributed by atoms with Crippen molar-refractivity contribution in [3.8, 4) is 16.5 Å². The van der Waals surface area contributed by atoms with Gasteiger partial charge in [-0.1, -0.05) is 24.3 Å². The summed E-state index contributed by atoms with van der Waals surface area (Å²) in [5.41, 5.74) is 1.88. The lowest BCUT2D eigenvalue weighted by Crippen LogP contribution is -2.20. The van der Waals surface area contributed by atoms with Crippen LogP contribution in [0.3, 0.4) is 0 Å². The van der Waals surface area contributed by atoms with Gasteiger partial charge < -0.3 is 19.8 Å². The van der Waals surface area contributed by atoms with Gasteiger partial charge in [0.1, 0.15) is 16.4 Å². The minimum Gasteiger partial charge on any atom is -0.484 e. The number of anilines is 2. The molecule has 4 aromatic rings. The van der Waals surface area contributed by atoms with Gasteiger partial charge in [0.25, 0.3) is 11.8 Å². The van der Waals surface area contributed by atoms with Crippen molar-refractivity contribution in [2.45, 2.75) is 13.8 Å². The zero-order valence-corrected chi connectivity index (χ0v) is 18.4. The summed E-state index contributed by atoms with van der Waals surface area (Å²) in [6.07, 6.45) is 0. The molecule has 2 aromatic heterocycles. The molecule has 7 nitrogen and oxygen atoms in total. The van der Waals surface area contributed by atoms with Crippen LogP contribution in [0.1, 0.15) is 21.1 Å². The van der Waals surface area contributed by atoms with E-state index < -0.39 is 0 Å². The van der Waals surface area contributed by atoms with E-state index >= 15 is 0 Å². The van der Waals surface area contributed by atoms with Crippen LogP contribution in [0.15, 0.2) is 71.1 Å². The molecule has 0 saturated carbocycles. The van der Waals surface area contributed by atoms with Crippen LogP contribution >= 0.6 is 11.3 Å². The van der Waals surface area contributed by atoms with Gasteiger partial charge in [-0.3, -0.25) is 9.59 Å². The normalized spacial score (nSPS) is 10.6. The van der Waals surface area contributed by atoms with Crippen LogP contribution in [0.25, 0.3) is 10.8 Å². The first-order valence-electron chi connectivity index (χ1n) is 9.91. The monoisotopic (exact) mass is 447 g/mol. The smallest absolute Gasteiger partial charge is 0.267 e. The predicted molar refractivity (Wildman–Crippen MR) is 124 cm³/mol. The summed E-state index contributed by atoms with van der Waals surface area (Å²) in [4.78, 5) is 29.8. The maximum Gasteiger partial charge on any atom is 0.267 e. The van der Waals surface area contributed by atoms with Crippen LogP contribution in [-0.2, 0) is 4.79 Å². The molecule has 2 heterocycles. The van der Waals surface area contributed by atoms with Gasteiger partial charge in [-0.05, 0) is 50.2 Å². The Morgan fingerprint density at radius 3 is 2.50 bits per heavy atom. The number of hydrogen-bond donors (Lipinski definition) is 2. The Kier molecular flexibility index (Phi) is 6.32. The van der Waals surface area contributed by atoms with Gasteiger partial charge in [0.15, 0.2) is 17.4 Å². The minimum absolute atomic E-state index is 0.147. The number of nitrogens with zero attached hydrogens (tertiary/aromatic N) is 1. The van der Waals surface area contributed by atoms with E-state index in [1.165, 1.54) is 11.3 Å². The zero-order valence-electron chi connectivity index (χ0n) is 17.5. The highest BCUT2D eigenvalue weighted by Gasteiger charge is 2.18. The molecule has 2 amide bonds. The highest BCUT2D eigenvalue weighted by atomic mass is 32.1. The molecule has 4 rings (SSSR count). The average Bonchev–Trinajstić information content (AvgIpc) is 3.39. The molecule has 0 fully saturated rings. The van der Waals surface area contributed by atoms with E-state index in [1.54, 1.807) is 43.3 Å². The first kappa shape index (κ1) is 21.3. The molecule has 2 N–H and O–H groups in total. The van der Waals surface area contributed by atoms with Crippen molar-refractivity contribution in [2.24, 2.45) is 0 Å². The largest absolute Gasteiger partial charge is 0.484 e. The van der Waals surface area contributed by atoms with Gasteiger partial charge in [-0.25, -0.2) is 4.98 Å². The molecule has 0 aliphatic carbocycles. The van der Waals surface area contributed by atoms with E-state index in [4.69, 9.17) is 9.15 Å². The maximum absolute atomic E-state index is 12.8. The fourth-order valence-electron chi connectivity index (χ4n) is 2.98. The predicted octanol–water partition coefficient (Wildman–Crippen LogP) is 5.29. The first-order valence-corrected chi connectivity index (χ1v) is 10.7. The van der Waals surface area contributed by atoms with E-state index in [-0.39, 0.29) is 18.4 Å².